The Morgan fingerprint density at radius 3 is 2.88 bits per heavy atom. The third kappa shape index (κ3) is 2.74. The first-order chi connectivity index (χ1) is 8.20. The summed E-state index contributed by atoms with van der Waals surface area (Å²) in [5.74, 6) is -0.291. The van der Waals surface area contributed by atoms with Gasteiger partial charge in [0.2, 0.25) is 0 Å². The molecule has 0 spiro atoms. The van der Waals surface area contributed by atoms with Crippen LogP contribution in [0.1, 0.15) is 30.1 Å². The number of ether oxygens (including phenoxy) is 1. The molecule has 0 fully saturated rings. The van der Waals surface area contributed by atoms with E-state index in [-0.39, 0.29) is 5.97 Å². The van der Waals surface area contributed by atoms with Crippen LogP contribution in [0.3, 0.4) is 0 Å². The van der Waals surface area contributed by atoms with Gasteiger partial charge in [0.1, 0.15) is 0 Å². The molecule has 5 heteroatoms. The second-order valence-corrected chi connectivity index (χ2v) is 4.24. The quantitative estimate of drug-likeness (QED) is 0.498. The molecular weight excluding hydrogens is 236 g/mol. The number of hydrogen-bond donors (Lipinski definition) is 2. The Bertz CT molecular complexity index is 585. The molecule has 0 radical (unpaired) electrons. The second-order valence-electron chi connectivity index (χ2n) is 3.83. The minimum Gasteiger partial charge on any atom is -0.462 e. The number of H-pyrrole nitrogens is 2. The van der Waals surface area contributed by atoms with Crippen molar-refractivity contribution in [1.82, 2.24) is 9.97 Å². The molecule has 2 aromatic rings. The number of benzene rings is 1. The lowest BCUT2D eigenvalue weighted by Gasteiger charge is -2.03. The molecule has 1 heterocycles. The van der Waals surface area contributed by atoms with Crippen LogP contribution < -0.4 is 0 Å². The average molecular weight is 250 g/mol. The molecule has 0 saturated carbocycles. The predicted molar refractivity (Wildman–Crippen MR) is 68.7 cm³/mol. The summed E-state index contributed by atoms with van der Waals surface area (Å²) in [5.41, 5.74) is 2.25. The summed E-state index contributed by atoms with van der Waals surface area (Å²) in [6.45, 7) is 2.52. The fourth-order valence-electron chi connectivity index (χ4n) is 1.55. The van der Waals surface area contributed by atoms with E-state index in [1.165, 1.54) is 0 Å². The number of carbonyl (C=O) groups excluding carboxylic acids is 1. The first-order valence-electron chi connectivity index (χ1n) is 5.60. The van der Waals surface area contributed by atoms with E-state index in [0.717, 1.165) is 23.9 Å². The highest BCUT2D eigenvalue weighted by Crippen LogP contribution is 2.13. The molecule has 0 amide bonds. The van der Waals surface area contributed by atoms with Gasteiger partial charge >= 0.3 is 5.97 Å². The van der Waals surface area contributed by atoms with Gasteiger partial charge in [0, 0.05) is 0 Å². The molecule has 0 atom stereocenters. The van der Waals surface area contributed by atoms with Crippen molar-refractivity contribution in [2.75, 3.05) is 6.61 Å². The number of imidazole rings is 1. The first-order valence-corrected chi connectivity index (χ1v) is 6.00. The predicted octanol–water partition coefficient (Wildman–Crippen LogP) is 3.18. The Morgan fingerprint density at radius 1 is 1.35 bits per heavy atom. The molecule has 0 aliphatic heterocycles. The third-order valence-corrected chi connectivity index (χ3v) is 2.69. The zero-order valence-electron chi connectivity index (χ0n) is 9.58. The summed E-state index contributed by atoms with van der Waals surface area (Å²) in [6, 6.07) is 5.30. The number of fused-ring (bicyclic) bond motifs is 1. The number of carbonyl (C=O) groups is 1. The third-order valence-electron chi connectivity index (χ3n) is 2.48. The highest BCUT2D eigenvalue weighted by molar-refractivity contribution is 7.71. The fourth-order valence-corrected chi connectivity index (χ4v) is 1.77. The van der Waals surface area contributed by atoms with Crippen molar-refractivity contribution in [3.05, 3.63) is 28.5 Å². The normalized spacial score (nSPS) is 10.6. The highest BCUT2D eigenvalue weighted by Gasteiger charge is 2.08. The largest absolute Gasteiger partial charge is 0.462 e. The number of aromatic amines is 2. The van der Waals surface area contributed by atoms with Crippen molar-refractivity contribution in [1.29, 1.82) is 0 Å². The Labute approximate surface area is 104 Å². The monoisotopic (exact) mass is 250 g/mol. The molecule has 90 valence electrons. The van der Waals surface area contributed by atoms with Gasteiger partial charge in [-0.1, -0.05) is 13.3 Å². The van der Waals surface area contributed by atoms with Crippen LogP contribution in [0.4, 0.5) is 0 Å². The minimum atomic E-state index is -0.291. The standard InChI is InChI=1S/C12H14N2O2S/c1-2-3-6-16-11(15)8-4-5-9-10(7-8)14-12(17)13-9/h4-5,7H,2-3,6H2,1H3,(H2,13,14,17). The maximum Gasteiger partial charge on any atom is 0.338 e. The smallest absolute Gasteiger partial charge is 0.338 e. The molecule has 0 saturated heterocycles. The molecule has 0 aliphatic rings. The molecule has 0 aliphatic carbocycles. The molecule has 0 bridgehead atoms. The maximum absolute atomic E-state index is 11.7. The summed E-state index contributed by atoms with van der Waals surface area (Å²) < 4.78 is 5.69. The van der Waals surface area contributed by atoms with Crippen LogP contribution in [0, 0.1) is 4.77 Å². The van der Waals surface area contributed by atoms with Gasteiger partial charge in [0.25, 0.3) is 0 Å². The molecule has 2 rings (SSSR count). The van der Waals surface area contributed by atoms with Gasteiger partial charge < -0.3 is 14.7 Å². The number of rotatable bonds is 4. The topological polar surface area (TPSA) is 57.9 Å². The number of aromatic nitrogens is 2. The van der Waals surface area contributed by atoms with Crippen molar-refractivity contribution in [2.45, 2.75) is 19.8 Å². The Hall–Kier alpha value is -1.62. The van der Waals surface area contributed by atoms with Gasteiger partial charge in [-0.2, -0.15) is 0 Å². The summed E-state index contributed by atoms with van der Waals surface area (Å²) >= 11 is 4.98. The molecule has 0 unspecified atom stereocenters. The fraction of sp³-hybridized carbons (Fsp3) is 0.333. The number of esters is 1. The SMILES string of the molecule is CCCCOC(=O)c1ccc2[nH]c(=S)[nH]c2c1. The van der Waals surface area contributed by atoms with E-state index in [1.54, 1.807) is 12.1 Å². The van der Waals surface area contributed by atoms with Gasteiger partial charge in [-0.3, -0.25) is 0 Å². The summed E-state index contributed by atoms with van der Waals surface area (Å²) in [6.07, 6.45) is 1.90. The second kappa shape index (κ2) is 5.14. The zero-order valence-corrected chi connectivity index (χ0v) is 10.4. The Morgan fingerprint density at radius 2 is 2.12 bits per heavy atom. The number of unbranched alkanes of at least 4 members (excludes halogenated alkanes) is 1. The molecule has 1 aromatic heterocycles. The lowest BCUT2D eigenvalue weighted by Crippen LogP contribution is -2.06. The van der Waals surface area contributed by atoms with Crippen LogP contribution >= 0.6 is 12.2 Å². The summed E-state index contributed by atoms with van der Waals surface area (Å²) in [4.78, 5) is 17.7. The van der Waals surface area contributed by atoms with Gasteiger partial charge in [0.05, 0.1) is 23.2 Å². The zero-order chi connectivity index (χ0) is 12.3. The van der Waals surface area contributed by atoms with Gasteiger partial charge in [0.15, 0.2) is 4.77 Å². The Kier molecular flexibility index (Phi) is 3.58. The number of hydrogen-bond acceptors (Lipinski definition) is 3. The van der Waals surface area contributed by atoms with Crippen molar-refractivity contribution in [3.63, 3.8) is 0 Å². The van der Waals surface area contributed by atoms with E-state index >= 15 is 0 Å². The van der Waals surface area contributed by atoms with E-state index in [4.69, 9.17) is 17.0 Å². The van der Waals surface area contributed by atoms with Crippen molar-refractivity contribution in [3.8, 4) is 0 Å². The molecule has 4 nitrogen and oxygen atoms in total. The molecular formula is C12H14N2O2S. The van der Waals surface area contributed by atoms with Crippen molar-refractivity contribution >= 4 is 29.2 Å². The van der Waals surface area contributed by atoms with Crippen LogP contribution in [0.25, 0.3) is 11.0 Å². The molecule has 1 aromatic carbocycles. The Balaban J connectivity index is 2.17. The van der Waals surface area contributed by atoms with E-state index < -0.39 is 0 Å². The first kappa shape index (κ1) is 11.9. The van der Waals surface area contributed by atoms with E-state index in [2.05, 4.69) is 16.9 Å². The van der Waals surface area contributed by atoms with Crippen LogP contribution in [0.5, 0.6) is 0 Å². The molecule has 17 heavy (non-hydrogen) atoms. The number of nitrogens with one attached hydrogen (secondary N) is 2. The van der Waals surface area contributed by atoms with E-state index in [9.17, 15) is 4.79 Å². The average Bonchev–Trinajstić information content (AvgIpc) is 2.68. The van der Waals surface area contributed by atoms with Crippen LogP contribution in [0.2, 0.25) is 0 Å². The van der Waals surface area contributed by atoms with Crippen LogP contribution in [-0.2, 0) is 4.74 Å². The summed E-state index contributed by atoms with van der Waals surface area (Å²) in [5, 5.41) is 0. The lowest BCUT2D eigenvalue weighted by molar-refractivity contribution is 0.0500. The minimum absolute atomic E-state index is 0.291. The van der Waals surface area contributed by atoms with Crippen LogP contribution in [0.15, 0.2) is 18.2 Å². The maximum atomic E-state index is 11.7. The van der Waals surface area contributed by atoms with Gasteiger partial charge in [-0.15, -0.1) is 0 Å². The lowest BCUT2D eigenvalue weighted by atomic mass is 10.2. The highest BCUT2D eigenvalue weighted by atomic mass is 32.1. The van der Waals surface area contributed by atoms with Gasteiger partial charge in [-0.05, 0) is 36.8 Å². The van der Waals surface area contributed by atoms with Crippen molar-refractivity contribution < 1.29 is 9.53 Å². The molecule has 2 N–H and O–H groups in total. The van der Waals surface area contributed by atoms with Crippen LogP contribution in [-0.4, -0.2) is 22.5 Å². The van der Waals surface area contributed by atoms with E-state index in [0.29, 0.717) is 16.9 Å². The van der Waals surface area contributed by atoms with Gasteiger partial charge in [-0.25, -0.2) is 4.79 Å². The van der Waals surface area contributed by atoms with Crippen molar-refractivity contribution in [2.24, 2.45) is 0 Å². The summed E-state index contributed by atoms with van der Waals surface area (Å²) in [7, 11) is 0. The van der Waals surface area contributed by atoms with E-state index in [1.807, 2.05) is 6.07 Å².